The molecule has 9 heteroatoms. The van der Waals surface area contributed by atoms with Crippen molar-refractivity contribution in [3.63, 3.8) is 0 Å². The Balaban J connectivity index is 1.70. The molecule has 2 aromatic heterocycles. The maximum atomic E-state index is 15.3. The monoisotopic (exact) mass is 413 g/mol. The number of hydrogen-bond acceptors (Lipinski definition) is 6. The number of benzene rings is 1. The summed E-state index contributed by atoms with van der Waals surface area (Å²) < 4.78 is 35.1. The van der Waals surface area contributed by atoms with E-state index in [9.17, 15) is 9.18 Å². The lowest BCUT2D eigenvalue weighted by atomic mass is 9.93. The Labute approximate surface area is 171 Å². The summed E-state index contributed by atoms with van der Waals surface area (Å²) in [5, 5.41) is 5.50. The molecule has 2 N–H and O–H groups in total. The van der Waals surface area contributed by atoms with Crippen LogP contribution in [0.2, 0.25) is 0 Å². The van der Waals surface area contributed by atoms with Gasteiger partial charge < -0.3 is 15.1 Å². The number of oxazole rings is 1. The highest BCUT2D eigenvalue weighted by Crippen LogP contribution is 2.31. The first-order valence-corrected chi connectivity index (χ1v) is 9.62. The number of pyridine rings is 1. The number of rotatable bonds is 4. The lowest BCUT2D eigenvalue weighted by Crippen LogP contribution is -2.49. The Morgan fingerprint density at radius 2 is 2.07 bits per heavy atom. The fourth-order valence-corrected chi connectivity index (χ4v) is 3.57. The van der Waals surface area contributed by atoms with Gasteiger partial charge in [-0.3, -0.25) is 9.78 Å². The average molecular weight is 413 g/mol. The van der Waals surface area contributed by atoms with Crippen LogP contribution in [0, 0.1) is 19.7 Å². The number of amides is 1. The molecule has 3 aromatic rings. The first-order valence-electron chi connectivity index (χ1n) is 9.62. The van der Waals surface area contributed by atoms with Gasteiger partial charge in [0.1, 0.15) is 11.4 Å². The van der Waals surface area contributed by atoms with Crippen LogP contribution in [-0.4, -0.2) is 41.0 Å². The van der Waals surface area contributed by atoms with E-state index in [0.717, 1.165) is 0 Å². The third-order valence-corrected chi connectivity index (χ3v) is 5.18. The maximum Gasteiger partial charge on any atom is 0.212 e. The number of aryl methyl sites for hydroxylation is 2. The van der Waals surface area contributed by atoms with Crippen LogP contribution in [0.1, 0.15) is 24.3 Å². The van der Waals surface area contributed by atoms with Gasteiger partial charge in [-0.25, -0.2) is 18.8 Å². The van der Waals surface area contributed by atoms with E-state index in [4.69, 9.17) is 4.42 Å². The molecule has 30 heavy (non-hydrogen) atoms. The Bertz CT molecular complexity index is 1140. The van der Waals surface area contributed by atoms with Gasteiger partial charge in [0.25, 0.3) is 0 Å². The molecule has 1 amide bonds. The van der Waals surface area contributed by atoms with E-state index in [0.29, 0.717) is 53.5 Å². The van der Waals surface area contributed by atoms with Crippen LogP contribution in [0.3, 0.4) is 0 Å². The van der Waals surface area contributed by atoms with E-state index in [-0.39, 0.29) is 24.2 Å². The molecule has 0 spiro atoms. The molecule has 1 fully saturated rings. The Morgan fingerprint density at radius 1 is 1.30 bits per heavy atom. The molecular weight excluding hydrogens is 392 g/mol. The number of halogens is 2. The summed E-state index contributed by atoms with van der Waals surface area (Å²) in [6, 6.07) is 4.75. The van der Waals surface area contributed by atoms with Crippen molar-refractivity contribution in [3.8, 4) is 11.3 Å². The van der Waals surface area contributed by atoms with Gasteiger partial charge in [-0.2, -0.15) is 0 Å². The number of nitrogens with one attached hydrogen (secondary N) is 2. The zero-order chi connectivity index (χ0) is 21.3. The van der Waals surface area contributed by atoms with E-state index in [1.165, 1.54) is 12.3 Å². The summed E-state index contributed by atoms with van der Waals surface area (Å²) in [5.41, 5.74) is 0.980. The number of amidine groups is 1. The number of carbonyl (C=O) groups excluding carboxylic acids is 1. The molecular formula is C21H21F2N5O2. The van der Waals surface area contributed by atoms with Gasteiger partial charge in [-0.15, -0.1) is 0 Å². The molecule has 156 valence electrons. The van der Waals surface area contributed by atoms with E-state index < -0.39 is 11.5 Å². The SMILES string of the molecule is Cc1nc2c(F)cc(-c3cc(C)c(/N=C(\NC=O)C4(F)CCNCC4)cn3)cc2o1. The summed E-state index contributed by atoms with van der Waals surface area (Å²) >= 11 is 0. The summed E-state index contributed by atoms with van der Waals surface area (Å²) in [7, 11) is 0. The van der Waals surface area contributed by atoms with Crippen molar-refractivity contribution < 1.29 is 18.0 Å². The summed E-state index contributed by atoms with van der Waals surface area (Å²) in [4.78, 5) is 23.8. The van der Waals surface area contributed by atoms with Crippen molar-refractivity contribution in [3.05, 3.63) is 41.7 Å². The second kappa shape index (κ2) is 7.91. The normalized spacial score (nSPS) is 16.6. The van der Waals surface area contributed by atoms with Crippen molar-refractivity contribution in [1.82, 2.24) is 20.6 Å². The lowest BCUT2D eigenvalue weighted by molar-refractivity contribution is -0.108. The molecule has 0 saturated carbocycles. The van der Waals surface area contributed by atoms with E-state index in [1.807, 2.05) is 0 Å². The Hall–Kier alpha value is -3.20. The standard InChI is InChI=1S/C21H21F2N5O2/c1-12-7-16(14-8-15(22)19-18(9-14)30-13(2)27-19)25-10-17(12)28-20(26-11-29)21(23)3-5-24-6-4-21/h7-11,24H,3-6H2,1-2H3,(H,26,28,29). The number of hydrogen-bond donors (Lipinski definition) is 2. The highest BCUT2D eigenvalue weighted by molar-refractivity contribution is 5.98. The fourth-order valence-electron chi connectivity index (χ4n) is 3.57. The van der Waals surface area contributed by atoms with Crippen LogP contribution in [0.4, 0.5) is 14.5 Å². The molecule has 0 aliphatic carbocycles. The van der Waals surface area contributed by atoms with Crippen LogP contribution in [0.25, 0.3) is 22.4 Å². The Morgan fingerprint density at radius 3 is 2.77 bits per heavy atom. The molecule has 1 aliphatic heterocycles. The molecule has 1 aromatic carbocycles. The van der Waals surface area contributed by atoms with Gasteiger partial charge in [0.05, 0.1) is 17.6 Å². The highest BCUT2D eigenvalue weighted by Gasteiger charge is 2.37. The Kier molecular flexibility index (Phi) is 5.29. The number of nitrogens with zero attached hydrogens (tertiary/aromatic N) is 3. The topological polar surface area (TPSA) is 92.4 Å². The van der Waals surface area contributed by atoms with E-state index in [2.05, 4.69) is 25.6 Å². The smallest absolute Gasteiger partial charge is 0.212 e. The highest BCUT2D eigenvalue weighted by atomic mass is 19.1. The summed E-state index contributed by atoms with van der Waals surface area (Å²) in [6.45, 7) is 4.45. The zero-order valence-electron chi connectivity index (χ0n) is 16.6. The molecule has 1 aliphatic rings. The van der Waals surface area contributed by atoms with Crippen LogP contribution in [0.5, 0.6) is 0 Å². The van der Waals surface area contributed by atoms with Crippen molar-refractivity contribution in [2.45, 2.75) is 32.4 Å². The minimum absolute atomic E-state index is 0.0266. The number of fused-ring (bicyclic) bond motifs is 1. The van der Waals surface area contributed by atoms with E-state index >= 15 is 4.39 Å². The minimum atomic E-state index is -1.71. The maximum absolute atomic E-state index is 15.3. The number of aromatic nitrogens is 2. The van der Waals surface area contributed by atoms with Crippen molar-refractivity contribution >= 4 is 29.0 Å². The third-order valence-electron chi connectivity index (χ3n) is 5.18. The first kappa shape index (κ1) is 20.1. The van der Waals surface area contributed by atoms with Gasteiger partial charge in [-0.05, 0) is 43.8 Å². The van der Waals surface area contributed by atoms with Crippen LogP contribution in [-0.2, 0) is 4.79 Å². The lowest BCUT2D eigenvalue weighted by Gasteiger charge is -2.30. The molecule has 1 saturated heterocycles. The molecule has 0 radical (unpaired) electrons. The number of piperidine rings is 1. The van der Waals surface area contributed by atoms with Gasteiger partial charge in [0.2, 0.25) is 6.41 Å². The van der Waals surface area contributed by atoms with Gasteiger partial charge >= 0.3 is 0 Å². The van der Waals surface area contributed by atoms with Crippen molar-refractivity contribution in [1.29, 1.82) is 0 Å². The molecule has 7 nitrogen and oxygen atoms in total. The number of aliphatic imine (C=N–C) groups is 1. The fraction of sp³-hybridized carbons (Fsp3) is 0.333. The molecule has 0 unspecified atom stereocenters. The first-order chi connectivity index (χ1) is 14.4. The molecule has 3 heterocycles. The van der Waals surface area contributed by atoms with Gasteiger partial charge in [0, 0.05) is 25.3 Å². The molecule has 0 atom stereocenters. The minimum Gasteiger partial charge on any atom is -0.441 e. The number of carbonyl (C=O) groups is 1. The second-order valence-corrected chi connectivity index (χ2v) is 7.33. The quantitative estimate of drug-likeness (QED) is 0.388. The van der Waals surface area contributed by atoms with E-state index in [1.54, 1.807) is 26.0 Å². The predicted octanol–water partition coefficient (Wildman–Crippen LogP) is 3.51. The third kappa shape index (κ3) is 3.80. The summed E-state index contributed by atoms with van der Waals surface area (Å²) in [5.74, 6) is -0.145. The molecule has 4 rings (SSSR count). The second-order valence-electron chi connectivity index (χ2n) is 7.33. The van der Waals surface area contributed by atoms with Crippen LogP contribution in [0.15, 0.2) is 33.8 Å². The van der Waals surface area contributed by atoms with Crippen molar-refractivity contribution in [2.75, 3.05) is 13.1 Å². The molecule has 0 bridgehead atoms. The van der Waals surface area contributed by atoms with Gasteiger partial charge in [-0.1, -0.05) is 0 Å². The van der Waals surface area contributed by atoms with Crippen LogP contribution < -0.4 is 10.6 Å². The van der Waals surface area contributed by atoms with Crippen molar-refractivity contribution in [2.24, 2.45) is 4.99 Å². The zero-order valence-corrected chi connectivity index (χ0v) is 16.6. The largest absolute Gasteiger partial charge is 0.441 e. The number of alkyl halides is 1. The van der Waals surface area contributed by atoms with Gasteiger partial charge in [0.15, 0.2) is 23.0 Å². The predicted molar refractivity (Wildman–Crippen MR) is 109 cm³/mol. The average Bonchev–Trinajstić information content (AvgIpc) is 3.10. The summed E-state index contributed by atoms with van der Waals surface area (Å²) in [6.07, 6.45) is 2.34. The van der Waals surface area contributed by atoms with Crippen LogP contribution >= 0.6 is 0 Å².